The lowest BCUT2D eigenvalue weighted by atomic mass is 10.1. The van der Waals surface area contributed by atoms with Crippen LogP contribution in [0, 0.1) is 0 Å². The zero-order chi connectivity index (χ0) is 18.1. The van der Waals surface area contributed by atoms with Crippen molar-refractivity contribution in [2.75, 3.05) is 29.5 Å². The Morgan fingerprint density at radius 2 is 2.23 bits per heavy atom. The fraction of sp³-hybridized carbons (Fsp3) is 0.421. The Kier molecular flexibility index (Phi) is 4.93. The first-order valence-electron chi connectivity index (χ1n) is 9.11. The average molecular weight is 372 g/mol. The van der Waals surface area contributed by atoms with E-state index >= 15 is 0 Å². The molecular formula is C19H25N5OS. The van der Waals surface area contributed by atoms with Crippen LogP contribution in [-0.4, -0.2) is 36.1 Å². The zero-order valence-corrected chi connectivity index (χ0v) is 15.8. The van der Waals surface area contributed by atoms with Crippen molar-refractivity contribution < 1.29 is 4.74 Å². The minimum absolute atomic E-state index is 0.0682. The van der Waals surface area contributed by atoms with E-state index in [0.29, 0.717) is 6.61 Å². The quantitative estimate of drug-likeness (QED) is 0.842. The van der Waals surface area contributed by atoms with E-state index in [-0.39, 0.29) is 11.4 Å². The number of rotatable bonds is 4. The topological polar surface area (TPSA) is 80.6 Å². The first-order chi connectivity index (χ1) is 12.7. The Labute approximate surface area is 158 Å². The Balaban J connectivity index is 1.71. The number of aromatic nitrogens is 1. The second-order valence-electron chi connectivity index (χ2n) is 6.66. The molecule has 2 atom stereocenters. The highest BCUT2D eigenvalue weighted by Gasteiger charge is 2.31. The van der Waals surface area contributed by atoms with Gasteiger partial charge in [0.05, 0.1) is 40.2 Å². The van der Waals surface area contributed by atoms with E-state index < -0.39 is 0 Å². The van der Waals surface area contributed by atoms with Gasteiger partial charge >= 0.3 is 0 Å². The lowest BCUT2D eigenvalue weighted by Gasteiger charge is -2.36. The Hall–Kier alpha value is -1.96. The zero-order valence-electron chi connectivity index (χ0n) is 15.0. The third-order valence-electron chi connectivity index (χ3n) is 4.80. The highest BCUT2D eigenvalue weighted by atomic mass is 32.2. The smallest absolute Gasteiger partial charge is 0.136 e. The number of thioether (sulfide) groups is 1. The summed E-state index contributed by atoms with van der Waals surface area (Å²) in [6.07, 6.45) is 12.1. The molecule has 138 valence electrons. The summed E-state index contributed by atoms with van der Waals surface area (Å²) >= 11 is 1.63. The van der Waals surface area contributed by atoms with Crippen molar-refractivity contribution in [3.63, 3.8) is 0 Å². The van der Waals surface area contributed by atoms with Gasteiger partial charge in [0.2, 0.25) is 0 Å². The Morgan fingerprint density at radius 3 is 3.04 bits per heavy atom. The van der Waals surface area contributed by atoms with Crippen molar-refractivity contribution in [2.45, 2.75) is 31.2 Å². The van der Waals surface area contributed by atoms with Crippen molar-refractivity contribution in [3.05, 3.63) is 53.2 Å². The molecule has 0 aromatic carbocycles. The van der Waals surface area contributed by atoms with Gasteiger partial charge in [-0.25, -0.2) is 0 Å². The maximum absolute atomic E-state index is 6.21. The van der Waals surface area contributed by atoms with E-state index in [1.165, 1.54) is 0 Å². The monoisotopic (exact) mass is 371 g/mol. The van der Waals surface area contributed by atoms with E-state index in [9.17, 15) is 0 Å². The third kappa shape index (κ3) is 3.22. The minimum Gasteiger partial charge on any atom is -0.493 e. The summed E-state index contributed by atoms with van der Waals surface area (Å²) in [5.41, 5.74) is 15.7. The molecular weight excluding hydrogens is 346 g/mol. The van der Waals surface area contributed by atoms with Crippen LogP contribution in [0.15, 0.2) is 53.2 Å². The fourth-order valence-electron chi connectivity index (χ4n) is 3.67. The van der Waals surface area contributed by atoms with Crippen LogP contribution in [-0.2, 0) is 4.74 Å². The molecule has 1 unspecified atom stereocenters. The lowest BCUT2D eigenvalue weighted by Crippen LogP contribution is -2.43. The highest BCUT2D eigenvalue weighted by Crippen LogP contribution is 2.45. The molecule has 26 heavy (non-hydrogen) atoms. The SMILES string of the molecule is CCOC1=C2SC(N)C=C2N(c2cnccc2N2CCC[C@@H](N)C2)C=C1. The largest absolute Gasteiger partial charge is 0.493 e. The molecule has 6 nitrogen and oxygen atoms in total. The number of hydrogen-bond acceptors (Lipinski definition) is 7. The third-order valence-corrected chi connectivity index (χ3v) is 5.86. The number of piperidine rings is 1. The maximum atomic E-state index is 6.21. The molecule has 0 spiro atoms. The lowest BCUT2D eigenvalue weighted by molar-refractivity contribution is 0.241. The summed E-state index contributed by atoms with van der Waals surface area (Å²) in [7, 11) is 0. The average Bonchev–Trinajstić information content (AvgIpc) is 3.04. The Bertz CT molecular complexity index is 775. The van der Waals surface area contributed by atoms with Crippen LogP contribution >= 0.6 is 11.8 Å². The molecule has 4 rings (SSSR count). The van der Waals surface area contributed by atoms with E-state index in [4.69, 9.17) is 16.2 Å². The van der Waals surface area contributed by atoms with Crippen molar-refractivity contribution in [1.82, 2.24) is 4.98 Å². The standard InChI is InChI=1S/C19H25N5OS/c1-2-25-17-6-9-24(15-10-18(21)26-19(15)17)16-11-22-7-5-14(16)23-8-3-4-13(20)12-23/h5-7,9-11,13,18H,2-4,8,12,20-21H2,1H3/t13-,18?/m1/s1. The van der Waals surface area contributed by atoms with Crippen LogP contribution in [0.3, 0.4) is 0 Å². The normalized spacial score (nSPS) is 25.4. The molecule has 1 aromatic rings. The molecule has 1 fully saturated rings. The van der Waals surface area contributed by atoms with Gasteiger partial charge in [-0.3, -0.25) is 4.98 Å². The summed E-state index contributed by atoms with van der Waals surface area (Å²) in [4.78, 5) is 10.00. The molecule has 7 heteroatoms. The van der Waals surface area contributed by atoms with Gasteiger partial charge in [-0.15, -0.1) is 0 Å². The van der Waals surface area contributed by atoms with Gasteiger partial charge in [0, 0.05) is 31.5 Å². The van der Waals surface area contributed by atoms with E-state index in [0.717, 1.165) is 53.7 Å². The predicted molar refractivity (Wildman–Crippen MR) is 108 cm³/mol. The number of fused-ring (bicyclic) bond motifs is 1. The first kappa shape index (κ1) is 17.5. The van der Waals surface area contributed by atoms with Gasteiger partial charge in [-0.2, -0.15) is 0 Å². The van der Waals surface area contributed by atoms with Crippen LogP contribution < -0.4 is 21.3 Å². The molecule has 0 bridgehead atoms. The van der Waals surface area contributed by atoms with Gasteiger partial charge in [-0.05, 0) is 38.0 Å². The second-order valence-corrected chi connectivity index (χ2v) is 7.85. The number of anilines is 2. The number of nitrogens with zero attached hydrogens (tertiary/aromatic N) is 3. The number of allylic oxidation sites excluding steroid dienone is 1. The summed E-state index contributed by atoms with van der Waals surface area (Å²) in [6, 6.07) is 2.29. The number of pyridine rings is 1. The van der Waals surface area contributed by atoms with Gasteiger partial charge in [-0.1, -0.05) is 11.8 Å². The van der Waals surface area contributed by atoms with Gasteiger partial charge in [0.1, 0.15) is 5.76 Å². The van der Waals surface area contributed by atoms with Crippen molar-refractivity contribution in [2.24, 2.45) is 11.5 Å². The van der Waals surface area contributed by atoms with E-state index in [1.807, 2.05) is 31.6 Å². The molecule has 4 N–H and O–H groups in total. The number of nitrogens with two attached hydrogens (primary N) is 2. The van der Waals surface area contributed by atoms with Crippen LogP contribution in [0.25, 0.3) is 0 Å². The minimum atomic E-state index is -0.0682. The van der Waals surface area contributed by atoms with Crippen molar-refractivity contribution >= 4 is 23.1 Å². The van der Waals surface area contributed by atoms with Crippen LogP contribution in [0.4, 0.5) is 11.4 Å². The predicted octanol–water partition coefficient (Wildman–Crippen LogP) is 2.51. The number of ether oxygens (including phenoxy) is 1. The Morgan fingerprint density at radius 1 is 1.35 bits per heavy atom. The van der Waals surface area contributed by atoms with Crippen LogP contribution in [0.2, 0.25) is 0 Å². The van der Waals surface area contributed by atoms with Gasteiger partial charge < -0.3 is 26.0 Å². The first-order valence-corrected chi connectivity index (χ1v) is 9.99. The van der Waals surface area contributed by atoms with Crippen molar-refractivity contribution in [1.29, 1.82) is 0 Å². The van der Waals surface area contributed by atoms with E-state index in [2.05, 4.69) is 26.9 Å². The van der Waals surface area contributed by atoms with Gasteiger partial charge in [0.15, 0.2) is 0 Å². The molecule has 0 aliphatic carbocycles. The molecule has 0 amide bonds. The molecule has 3 aliphatic rings. The molecule has 1 aromatic heterocycles. The summed E-state index contributed by atoms with van der Waals surface area (Å²) in [5.74, 6) is 0.887. The molecule has 3 aliphatic heterocycles. The highest BCUT2D eigenvalue weighted by molar-refractivity contribution is 8.04. The number of hydrogen-bond donors (Lipinski definition) is 2. The molecule has 4 heterocycles. The summed E-state index contributed by atoms with van der Waals surface area (Å²) in [5, 5.41) is -0.0682. The molecule has 1 saturated heterocycles. The fourth-order valence-corrected chi connectivity index (χ4v) is 4.67. The van der Waals surface area contributed by atoms with Crippen molar-refractivity contribution in [3.8, 4) is 0 Å². The van der Waals surface area contributed by atoms with Crippen LogP contribution in [0.5, 0.6) is 0 Å². The van der Waals surface area contributed by atoms with Crippen LogP contribution in [0.1, 0.15) is 19.8 Å². The summed E-state index contributed by atoms with van der Waals surface area (Å²) < 4.78 is 5.80. The molecule has 0 saturated carbocycles. The molecule has 0 radical (unpaired) electrons. The summed E-state index contributed by atoms with van der Waals surface area (Å²) in [6.45, 7) is 4.52. The second kappa shape index (κ2) is 7.34. The maximum Gasteiger partial charge on any atom is 0.136 e. The van der Waals surface area contributed by atoms with Gasteiger partial charge in [0.25, 0.3) is 0 Å². The van der Waals surface area contributed by atoms with E-state index in [1.54, 1.807) is 11.8 Å².